The van der Waals surface area contributed by atoms with Crippen LogP contribution in [0.4, 0.5) is 0 Å². The number of nitrogens with one attached hydrogen (secondary N) is 1. The van der Waals surface area contributed by atoms with Crippen molar-refractivity contribution < 1.29 is 9.90 Å². The Balaban J connectivity index is 1.43. The summed E-state index contributed by atoms with van der Waals surface area (Å²) in [6.45, 7) is 1.12. The number of carbonyl (C=O) groups excluding carboxylic acids is 1. The van der Waals surface area contributed by atoms with E-state index < -0.39 is 0 Å². The molecule has 1 aliphatic rings. The maximum atomic E-state index is 12.8. The summed E-state index contributed by atoms with van der Waals surface area (Å²) in [4.78, 5) is 22.4. The lowest BCUT2D eigenvalue weighted by Gasteiger charge is -2.32. The predicted octanol–water partition coefficient (Wildman–Crippen LogP) is 4.27. The molecule has 28 heavy (non-hydrogen) atoms. The lowest BCUT2D eigenvalue weighted by molar-refractivity contribution is -0.132. The Kier molecular flexibility index (Phi) is 5.35. The average Bonchev–Trinajstić information content (AvgIpc) is 3.17. The molecule has 2 aromatic carbocycles. The number of aromatic amines is 1. The van der Waals surface area contributed by atoms with Crippen molar-refractivity contribution in [1.29, 1.82) is 0 Å². The van der Waals surface area contributed by atoms with E-state index >= 15 is 0 Å². The molecule has 0 radical (unpaired) electrons. The van der Waals surface area contributed by atoms with Crippen molar-refractivity contribution in [2.45, 2.75) is 31.7 Å². The molecule has 5 nitrogen and oxygen atoms in total. The second-order valence-corrected chi connectivity index (χ2v) is 7.60. The summed E-state index contributed by atoms with van der Waals surface area (Å²) >= 11 is 5.92. The number of phenols is 1. The molecule has 1 atom stereocenters. The Hall–Kier alpha value is -2.79. The van der Waals surface area contributed by atoms with Gasteiger partial charge in [-0.25, -0.2) is 4.98 Å². The van der Waals surface area contributed by atoms with Crippen molar-refractivity contribution in [3.05, 3.63) is 82.4 Å². The van der Waals surface area contributed by atoms with Crippen LogP contribution in [0.2, 0.25) is 5.02 Å². The Morgan fingerprint density at radius 2 is 2.07 bits per heavy atom. The number of nitrogens with zero attached hydrogens (tertiary/aromatic N) is 2. The first-order chi connectivity index (χ1) is 13.6. The molecule has 1 unspecified atom stereocenters. The van der Waals surface area contributed by atoms with E-state index in [1.54, 1.807) is 18.5 Å². The van der Waals surface area contributed by atoms with Crippen LogP contribution in [-0.4, -0.2) is 32.4 Å². The van der Waals surface area contributed by atoms with E-state index in [0.29, 0.717) is 19.5 Å². The van der Waals surface area contributed by atoms with E-state index in [0.717, 1.165) is 34.8 Å². The van der Waals surface area contributed by atoms with Crippen LogP contribution in [0.1, 0.15) is 41.3 Å². The minimum absolute atomic E-state index is 0.0395. The van der Waals surface area contributed by atoms with Gasteiger partial charge in [0.15, 0.2) is 0 Å². The van der Waals surface area contributed by atoms with Gasteiger partial charge in [-0.1, -0.05) is 35.9 Å². The summed E-state index contributed by atoms with van der Waals surface area (Å²) in [6.07, 6.45) is 3.82. The maximum Gasteiger partial charge on any atom is 0.222 e. The van der Waals surface area contributed by atoms with E-state index in [-0.39, 0.29) is 17.6 Å². The van der Waals surface area contributed by atoms with Gasteiger partial charge >= 0.3 is 0 Å². The van der Waals surface area contributed by atoms with Gasteiger partial charge in [0.05, 0.1) is 24.3 Å². The van der Waals surface area contributed by atoms with E-state index in [2.05, 4.69) is 9.97 Å². The molecule has 3 aromatic rings. The Morgan fingerprint density at radius 3 is 2.86 bits per heavy atom. The van der Waals surface area contributed by atoms with Gasteiger partial charge in [0, 0.05) is 23.9 Å². The van der Waals surface area contributed by atoms with Crippen LogP contribution in [-0.2, 0) is 17.8 Å². The van der Waals surface area contributed by atoms with Crippen LogP contribution in [0.25, 0.3) is 0 Å². The standard InChI is InChI=1S/C22H22ClN3O2/c23-17-9-7-15(8-10-17)3-1-6-21(28)26-12-19(16-4-2-5-18(27)11-16)22-20(13-26)24-14-25-22/h2,4-5,7-11,14,19,27H,1,3,6,12-13H2,(H,24,25). The van der Waals surface area contributed by atoms with Gasteiger partial charge in [0.2, 0.25) is 5.91 Å². The molecule has 1 amide bonds. The van der Waals surface area contributed by atoms with Crippen molar-refractivity contribution in [1.82, 2.24) is 14.9 Å². The van der Waals surface area contributed by atoms with Gasteiger partial charge in [-0.15, -0.1) is 0 Å². The number of amides is 1. The molecule has 2 heterocycles. The smallest absolute Gasteiger partial charge is 0.222 e. The number of hydrogen-bond acceptors (Lipinski definition) is 3. The van der Waals surface area contributed by atoms with Crippen LogP contribution in [0, 0.1) is 0 Å². The molecule has 0 aliphatic carbocycles. The molecule has 0 saturated heterocycles. The molecular weight excluding hydrogens is 374 g/mol. The molecule has 0 spiro atoms. The number of halogens is 1. The molecule has 0 saturated carbocycles. The Labute approximate surface area is 169 Å². The third kappa shape index (κ3) is 4.04. The quantitative estimate of drug-likeness (QED) is 0.678. The summed E-state index contributed by atoms with van der Waals surface area (Å²) in [7, 11) is 0. The van der Waals surface area contributed by atoms with E-state index in [9.17, 15) is 9.90 Å². The molecule has 1 aromatic heterocycles. The highest BCUT2D eigenvalue weighted by Crippen LogP contribution is 2.33. The monoisotopic (exact) mass is 395 g/mol. The largest absolute Gasteiger partial charge is 0.508 e. The lowest BCUT2D eigenvalue weighted by atomic mass is 9.90. The lowest BCUT2D eigenvalue weighted by Crippen LogP contribution is -2.38. The second kappa shape index (κ2) is 8.07. The summed E-state index contributed by atoms with van der Waals surface area (Å²) < 4.78 is 0. The number of aromatic hydroxyl groups is 1. The number of H-pyrrole nitrogens is 1. The molecule has 144 valence electrons. The SMILES string of the molecule is O=C(CCCc1ccc(Cl)cc1)N1Cc2[nH]cnc2C(c2cccc(O)c2)C1. The van der Waals surface area contributed by atoms with Crippen molar-refractivity contribution in [2.24, 2.45) is 0 Å². The van der Waals surface area contributed by atoms with Gasteiger partial charge in [-0.05, 0) is 48.2 Å². The van der Waals surface area contributed by atoms with Gasteiger partial charge < -0.3 is 15.0 Å². The highest BCUT2D eigenvalue weighted by molar-refractivity contribution is 6.30. The minimum Gasteiger partial charge on any atom is -0.508 e. The first kappa shape index (κ1) is 18.6. The van der Waals surface area contributed by atoms with Gasteiger partial charge in [0.1, 0.15) is 5.75 Å². The minimum atomic E-state index is -0.0395. The van der Waals surface area contributed by atoms with Crippen LogP contribution < -0.4 is 0 Å². The van der Waals surface area contributed by atoms with Crippen molar-refractivity contribution >= 4 is 17.5 Å². The Morgan fingerprint density at radius 1 is 1.25 bits per heavy atom. The van der Waals surface area contributed by atoms with Crippen molar-refractivity contribution in [2.75, 3.05) is 6.54 Å². The third-order valence-corrected chi connectivity index (χ3v) is 5.48. The number of imidazole rings is 1. The average molecular weight is 396 g/mol. The molecule has 6 heteroatoms. The fraction of sp³-hybridized carbons (Fsp3) is 0.273. The third-order valence-electron chi connectivity index (χ3n) is 5.23. The number of benzene rings is 2. The zero-order valence-electron chi connectivity index (χ0n) is 15.4. The van der Waals surface area contributed by atoms with Crippen LogP contribution >= 0.6 is 11.6 Å². The molecule has 2 N–H and O–H groups in total. The van der Waals surface area contributed by atoms with E-state index in [4.69, 9.17) is 11.6 Å². The topological polar surface area (TPSA) is 69.2 Å². The van der Waals surface area contributed by atoms with Gasteiger partial charge in [-0.2, -0.15) is 0 Å². The Bertz CT molecular complexity index is 968. The number of carbonyl (C=O) groups is 1. The highest BCUT2D eigenvalue weighted by Gasteiger charge is 2.31. The molecule has 0 bridgehead atoms. The highest BCUT2D eigenvalue weighted by atomic mass is 35.5. The first-order valence-electron chi connectivity index (χ1n) is 9.43. The fourth-order valence-corrected chi connectivity index (χ4v) is 3.89. The summed E-state index contributed by atoms with van der Waals surface area (Å²) in [6, 6.07) is 15.0. The van der Waals surface area contributed by atoms with Gasteiger partial charge in [-0.3, -0.25) is 4.79 Å². The van der Waals surface area contributed by atoms with Crippen LogP contribution in [0.15, 0.2) is 54.9 Å². The van der Waals surface area contributed by atoms with Crippen LogP contribution in [0.3, 0.4) is 0 Å². The number of rotatable bonds is 5. The summed E-state index contributed by atoms with van der Waals surface area (Å²) in [5, 5.41) is 10.6. The maximum absolute atomic E-state index is 12.8. The fourth-order valence-electron chi connectivity index (χ4n) is 3.77. The zero-order valence-corrected chi connectivity index (χ0v) is 16.2. The van der Waals surface area contributed by atoms with E-state index in [1.807, 2.05) is 41.3 Å². The number of aryl methyl sites for hydroxylation is 1. The number of hydrogen-bond donors (Lipinski definition) is 2. The zero-order chi connectivity index (χ0) is 19.5. The van der Waals surface area contributed by atoms with E-state index in [1.165, 1.54) is 5.56 Å². The van der Waals surface area contributed by atoms with Crippen molar-refractivity contribution in [3.8, 4) is 5.75 Å². The van der Waals surface area contributed by atoms with Crippen LogP contribution in [0.5, 0.6) is 5.75 Å². The summed E-state index contributed by atoms with van der Waals surface area (Å²) in [5.41, 5.74) is 4.07. The van der Waals surface area contributed by atoms with Crippen molar-refractivity contribution in [3.63, 3.8) is 0 Å². The number of aromatic nitrogens is 2. The molecule has 0 fully saturated rings. The number of phenolic OH excluding ortho intramolecular Hbond substituents is 1. The van der Waals surface area contributed by atoms with Gasteiger partial charge in [0.25, 0.3) is 0 Å². The number of fused-ring (bicyclic) bond motifs is 1. The summed E-state index contributed by atoms with van der Waals surface area (Å²) in [5.74, 6) is 0.322. The molecule has 4 rings (SSSR count). The second-order valence-electron chi connectivity index (χ2n) is 7.17. The first-order valence-corrected chi connectivity index (χ1v) is 9.81. The molecular formula is C22H22ClN3O2. The predicted molar refractivity (Wildman–Crippen MR) is 108 cm³/mol. The normalized spacial score (nSPS) is 16.0. The molecule has 1 aliphatic heterocycles.